The molecule has 168 valence electrons. The third kappa shape index (κ3) is 3.86. The van der Waals surface area contributed by atoms with Gasteiger partial charge in [-0.1, -0.05) is 35.9 Å². The van der Waals surface area contributed by atoms with E-state index in [0.717, 1.165) is 36.6 Å². The quantitative estimate of drug-likeness (QED) is 0.672. The van der Waals surface area contributed by atoms with Gasteiger partial charge in [0.2, 0.25) is 5.91 Å². The number of carbonyl (C=O) groups is 1. The molecule has 0 aromatic heterocycles. The van der Waals surface area contributed by atoms with Gasteiger partial charge in [0.1, 0.15) is 4.90 Å². The van der Waals surface area contributed by atoms with E-state index >= 15 is 0 Å². The summed E-state index contributed by atoms with van der Waals surface area (Å²) < 4.78 is 28.9. The maximum Gasteiger partial charge on any atom is 0.285 e. The van der Waals surface area contributed by atoms with Crippen LogP contribution in [0.15, 0.2) is 57.8 Å². The highest BCUT2D eigenvalue weighted by molar-refractivity contribution is 7.90. The number of piperidine rings is 1. The van der Waals surface area contributed by atoms with Crippen molar-refractivity contribution in [2.75, 3.05) is 44.2 Å². The minimum Gasteiger partial charge on any atom is -0.367 e. The summed E-state index contributed by atoms with van der Waals surface area (Å²) >= 11 is 6.33. The van der Waals surface area contributed by atoms with Crippen molar-refractivity contribution in [1.82, 2.24) is 9.80 Å². The lowest BCUT2D eigenvalue weighted by Gasteiger charge is -2.40. The number of benzene rings is 2. The van der Waals surface area contributed by atoms with E-state index in [-0.39, 0.29) is 16.7 Å². The number of anilines is 1. The first-order valence-corrected chi connectivity index (χ1v) is 12.7. The summed E-state index contributed by atoms with van der Waals surface area (Å²) in [5, 5.41) is 0.725. The molecule has 3 aliphatic heterocycles. The molecule has 0 radical (unpaired) electrons. The molecule has 0 saturated carbocycles. The lowest BCUT2D eigenvalue weighted by atomic mass is 9.95. The normalized spacial score (nSPS) is 22.5. The number of fused-ring (bicyclic) bond motifs is 1. The van der Waals surface area contributed by atoms with Crippen LogP contribution < -0.4 is 4.90 Å². The second-order valence-corrected chi connectivity index (χ2v) is 10.4. The van der Waals surface area contributed by atoms with Crippen molar-refractivity contribution in [2.24, 2.45) is 10.3 Å². The standard InChI is InChI=1S/C23H25ClN4O3S/c24-19-8-2-3-9-20(19)26-12-14-27(15-13-26)23(29)17-6-5-11-28(16-17)22-18-7-1-4-10-21(18)32(30,31)25-22/h1-4,7-10,17H,5-6,11-16H2/t17-/m1/s1. The van der Waals surface area contributed by atoms with Gasteiger partial charge < -0.3 is 14.7 Å². The van der Waals surface area contributed by atoms with E-state index in [9.17, 15) is 13.2 Å². The van der Waals surface area contributed by atoms with E-state index in [1.807, 2.05) is 40.1 Å². The Morgan fingerprint density at radius 2 is 1.66 bits per heavy atom. The summed E-state index contributed by atoms with van der Waals surface area (Å²) in [5.74, 6) is 0.457. The number of sulfonamides is 1. The van der Waals surface area contributed by atoms with Crippen LogP contribution in [0.5, 0.6) is 0 Å². The maximum atomic E-state index is 13.3. The van der Waals surface area contributed by atoms with Crippen LogP contribution in [0.3, 0.4) is 0 Å². The highest BCUT2D eigenvalue weighted by Gasteiger charge is 2.36. The summed E-state index contributed by atoms with van der Waals surface area (Å²) in [7, 11) is -3.66. The topological polar surface area (TPSA) is 73.3 Å². The van der Waals surface area contributed by atoms with Crippen LogP contribution in [0.1, 0.15) is 18.4 Å². The molecule has 3 heterocycles. The number of halogens is 1. The van der Waals surface area contributed by atoms with Gasteiger partial charge in [0.25, 0.3) is 10.0 Å². The predicted molar refractivity (Wildman–Crippen MR) is 125 cm³/mol. The molecule has 32 heavy (non-hydrogen) atoms. The van der Waals surface area contributed by atoms with Gasteiger partial charge in [-0.15, -0.1) is 4.40 Å². The number of nitrogens with zero attached hydrogens (tertiary/aromatic N) is 4. The van der Waals surface area contributed by atoms with Gasteiger partial charge in [-0.3, -0.25) is 4.79 Å². The fraction of sp³-hybridized carbons (Fsp3) is 0.391. The molecule has 0 aliphatic carbocycles. The Balaban J connectivity index is 1.26. The lowest BCUT2D eigenvalue weighted by molar-refractivity contribution is -0.137. The first-order chi connectivity index (χ1) is 15.4. The molecule has 0 bridgehead atoms. The van der Waals surface area contributed by atoms with E-state index in [4.69, 9.17) is 11.6 Å². The number of para-hydroxylation sites is 1. The molecular weight excluding hydrogens is 448 g/mol. The van der Waals surface area contributed by atoms with E-state index in [1.165, 1.54) is 0 Å². The van der Waals surface area contributed by atoms with E-state index in [1.54, 1.807) is 18.2 Å². The number of likely N-dealkylation sites (tertiary alicyclic amines) is 1. The Hall–Kier alpha value is -2.58. The molecule has 7 nitrogen and oxygen atoms in total. The zero-order valence-corrected chi connectivity index (χ0v) is 19.2. The number of carbonyl (C=O) groups excluding carboxylic acids is 1. The second-order valence-electron chi connectivity index (χ2n) is 8.44. The van der Waals surface area contributed by atoms with E-state index < -0.39 is 10.0 Å². The maximum absolute atomic E-state index is 13.3. The van der Waals surface area contributed by atoms with Gasteiger partial charge in [-0.05, 0) is 37.1 Å². The number of piperazine rings is 1. The molecule has 5 rings (SSSR count). The highest BCUT2D eigenvalue weighted by Crippen LogP contribution is 2.31. The smallest absolute Gasteiger partial charge is 0.285 e. The SMILES string of the molecule is O=C([C@@H]1CCCN(C2=NS(=O)(=O)c3ccccc32)C1)N1CCN(c2ccccc2Cl)CC1. The fourth-order valence-electron chi connectivity index (χ4n) is 4.82. The highest BCUT2D eigenvalue weighted by atomic mass is 35.5. The largest absolute Gasteiger partial charge is 0.367 e. The van der Waals surface area contributed by atoms with Gasteiger partial charge >= 0.3 is 0 Å². The first-order valence-electron chi connectivity index (χ1n) is 10.9. The van der Waals surface area contributed by atoms with Crippen molar-refractivity contribution in [1.29, 1.82) is 0 Å². The fourth-order valence-corrected chi connectivity index (χ4v) is 6.30. The van der Waals surface area contributed by atoms with Crippen LogP contribution in [0, 0.1) is 5.92 Å². The van der Waals surface area contributed by atoms with E-state index in [0.29, 0.717) is 37.6 Å². The van der Waals surface area contributed by atoms with Crippen LogP contribution >= 0.6 is 11.6 Å². The van der Waals surface area contributed by atoms with Crippen molar-refractivity contribution in [3.05, 3.63) is 59.1 Å². The molecule has 9 heteroatoms. The molecule has 2 saturated heterocycles. The van der Waals surface area contributed by atoms with Crippen LogP contribution in [-0.2, 0) is 14.8 Å². The second kappa shape index (κ2) is 8.41. The number of rotatable bonds is 2. The Kier molecular flexibility index (Phi) is 5.59. The number of amides is 1. The molecule has 0 spiro atoms. The molecule has 0 N–H and O–H groups in total. The lowest BCUT2D eigenvalue weighted by Crippen LogP contribution is -2.53. The summed E-state index contributed by atoms with van der Waals surface area (Å²) in [6.07, 6.45) is 1.64. The van der Waals surface area contributed by atoms with Gasteiger partial charge in [0.15, 0.2) is 5.84 Å². The van der Waals surface area contributed by atoms with Gasteiger partial charge in [0, 0.05) is 44.8 Å². The van der Waals surface area contributed by atoms with Crippen molar-refractivity contribution >= 4 is 39.1 Å². The van der Waals surface area contributed by atoms with Crippen molar-refractivity contribution in [2.45, 2.75) is 17.7 Å². The van der Waals surface area contributed by atoms with Crippen molar-refractivity contribution < 1.29 is 13.2 Å². The van der Waals surface area contributed by atoms with Crippen LogP contribution in [-0.4, -0.2) is 69.2 Å². The summed E-state index contributed by atoms with van der Waals surface area (Å²) in [6.45, 7) is 3.98. The van der Waals surface area contributed by atoms with Crippen LogP contribution in [0.2, 0.25) is 5.02 Å². The number of hydrogen-bond acceptors (Lipinski definition) is 5. The van der Waals surface area contributed by atoms with Crippen LogP contribution in [0.25, 0.3) is 0 Å². The molecule has 2 fully saturated rings. The molecule has 2 aromatic carbocycles. The van der Waals surface area contributed by atoms with Crippen molar-refractivity contribution in [3.8, 4) is 0 Å². The number of hydrogen-bond donors (Lipinski definition) is 0. The van der Waals surface area contributed by atoms with Crippen molar-refractivity contribution in [3.63, 3.8) is 0 Å². The summed E-state index contributed by atoms with van der Waals surface area (Å²) in [4.78, 5) is 19.7. The molecule has 3 aliphatic rings. The first kappa shape index (κ1) is 21.3. The van der Waals surface area contributed by atoms with E-state index in [2.05, 4.69) is 9.30 Å². The van der Waals surface area contributed by atoms with Gasteiger partial charge in [0.05, 0.1) is 16.6 Å². The minimum absolute atomic E-state index is 0.142. The predicted octanol–water partition coefficient (Wildman–Crippen LogP) is 2.85. The minimum atomic E-state index is -3.66. The molecule has 1 amide bonds. The summed E-state index contributed by atoms with van der Waals surface area (Å²) in [6, 6.07) is 14.7. The van der Waals surface area contributed by atoms with Gasteiger partial charge in [-0.2, -0.15) is 8.42 Å². The third-order valence-corrected chi connectivity index (χ3v) is 8.11. The Morgan fingerprint density at radius 1 is 0.938 bits per heavy atom. The van der Waals surface area contributed by atoms with Crippen LogP contribution in [0.4, 0.5) is 5.69 Å². The molecule has 0 unspecified atom stereocenters. The third-order valence-electron chi connectivity index (χ3n) is 6.47. The zero-order valence-electron chi connectivity index (χ0n) is 17.7. The molecular formula is C23H25ClN4O3S. The molecule has 2 aromatic rings. The molecule has 1 atom stereocenters. The monoisotopic (exact) mass is 472 g/mol. The number of amidine groups is 1. The Bertz CT molecular complexity index is 1180. The Morgan fingerprint density at radius 3 is 2.44 bits per heavy atom. The zero-order chi connectivity index (χ0) is 22.3. The summed E-state index contributed by atoms with van der Waals surface area (Å²) in [5.41, 5.74) is 1.64. The van der Waals surface area contributed by atoms with Gasteiger partial charge in [-0.25, -0.2) is 0 Å². The Labute approximate surface area is 193 Å². The average molecular weight is 473 g/mol. The average Bonchev–Trinajstić information content (AvgIpc) is 3.10.